The highest BCUT2D eigenvalue weighted by molar-refractivity contribution is 5.96. The maximum atomic E-state index is 12.8. The van der Waals surface area contributed by atoms with E-state index in [-0.39, 0.29) is 18.3 Å². The van der Waals surface area contributed by atoms with Gasteiger partial charge < -0.3 is 24.4 Å². The van der Waals surface area contributed by atoms with Crippen molar-refractivity contribution in [3.8, 4) is 11.5 Å². The first kappa shape index (κ1) is 21.7. The zero-order valence-electron chi connectivity index (χ0n) is 16.2. The lowest BCUT2D eigenvalue weighted by Crippen LogP contribution is -2.47. The van der Waals surface area contributed by atoms with E-state index in [9.17, 15) is 27.6 Å². The molecular formula is C19H21F3N2O6. The van der Waals surface area contributed by atoms with Gasteiger partial charge in [-0.25, -0.2) is 0 Å². The molecule has 0 aromatic heterocycles. The number of hydrogen-bond donors (Lipinski definition) is 1. The Balaban J connectivity index is 1.46. The van der Waals surface area contributed by atoms with Crippen molar-refractivity contribution in [2.24, 2.45) is 5.92 Å². The maximum Gasteiger partial charge on any atom is 0.406 e. The summed E-state index contributed by atoms with van der Waals surface area (Å²) in [6.45, 7) is -1.17. The molecule has 1 heterocycles. The second-order valence-corrected chi connectivity index (χ2v) is 7.13. The number of carbonyl (C=O) groups excluding carboxylic acids is 3. The number of esters is 1. The Bertz CT molecular complexity index is 825. The Morgan fingerprint density at radius 1 is 1.23 bits per heavy atom. The van der Waals surface area contributed by atoms with Crippen molar-refractivity contribution in [1.29, 1.82) is 0 Å². The summed E-state index contributed by atoms with van der Waals surface area (Å²) >= 11 is 0. The van der Waals surface area contributed by atoms with Crippen molar-refractivity contribution >= 4 is 17.8 Å². The molecule has 3 rings (SSSR count). The van der Waals surface area contributed by atoms with Crippen LogP contribution in [0.3, 0.4) is 0 Å². The van der Waals surface area contributed by atoms with E-state index in [0.29, 0.717) is 16.4 Å². The second-order valence-electron chi connectivity index (χ2n) is 7.13. The van der Waals surface area contributed by atoms with Gasteiger partial charge in [0.05, 0.1) is 0 Å². The smallest absolute Gasteiger partial charge is 0.406 e. The summed E-state index contributed by atoms with van der Waals surface area (Å²) in [6.07, 6.45) is -3.04. The second kappa shape index (κ2) is 8.80. The molecular weight excluding hydrogens is 409 g/mol. The molecule has 0 unspecified atom stereocenters. The molecule has 8 nitrogen and oxygen atoms in total. The molecule has 1 aromatic rings. The van der Waals surface area contributed by atoms with Crippen LogP contribution in [0.4, 0.5) is 13.2 Å². The molecule has 2 aliphatic rings. The third-order valence-electron chi connectivity index (χ3n) is 4.85. The van der Waals surface area contributed by atoms with Crippen LogP contribution in [0, 0.1) is 5.92 Å². The van der Waals surface area contributed by atoms with Crippen molar-refractivity contribution in [2.45, 2.75) is 32.0 Å². The summed E-state index contributed by atoms with van der Waals surface area (Å²) in [7, 11) is 0. The van der Waals surface area contributed by atoms with Crippen LogP contribution >= 0.6 is 0 Å². The van der Waals surface area contributed by atoms with Crippen molar-refractivity contribution < 1.29 is 41.8 Å². The molecule has 1 aliphatic carbocycles. The van der Waals surface area contributed by atoms with E-state index in [4.69, 9.17) is 14.2 Å². The molecule has 0 radical (unpaired) electrons. The lowest BCUT2D eigenvalue weighted by Gasteiger charge is -2.30. The average molecular weight is 430 g/mol. The predicted molar refractivity (Wildman–Crippen MR) is 95.8 cm³/mol. The normalized spacial score (nSPS) is 16.0. The van der Waals surface area contributed by atoms with Crippen LogP contribution in [0.1, 0.15) is 30.1 Å². The van der Waals surface area contributed by atoms with E-state index in [0.717, 1.165) is 12.8 Å². The minimum absolute atomic E-state index is 0.0213. The van der Waals surface area contributed by atoms with Crippen LogP contribution in [0.25, 0.3) is 0 Å². The van der Waals surface area contributed by atoms with E-state index in [1.54, 1.807) is 13.0 Å². The molecule has 1 N–H and O–H groups in total. The number of ether oxygens (including phenoxy) is 3. The fourth-order valence-corrected chi connectivity index (χ4v) is 3.05. The topological polar surface area (TPSA) is 94.2 Å². The molecule has 164 valence electrons. The van der Waals surface area contributed by atoms with Gasteiger partial charge in [0.15, 0.2) is 18.1 Å². The average Bonchev–Trinajstić information content (AvgIpc) is 3.44. The van der Waals surface area contributed by atoms with Gasteiger partial charge in [-0.2, -0.15) is 13.2 Å². The van der Waals surface area contributed by atoms with Crippen molar-refractivity contribution in [3.63, 3.8) is 0 Å². The molecule has 1 aliphatic heterocycles. The molecule has 30 heavy (non-hydrogen) atoms. The molecule has 0 spiro atoms. The molecule has 1 fully saturated rings. The van der Waals surface area contributed by atoms with Gasteiger partial charge in [-0.1, -0.05) is 0 Å². The standard InChI is InChI=1S/C19H21F3N2O6/c1-11(12-2-3-12)24(9-19(20,21)22)16(25)8-28-17(26)7-23-18(27)13-4-5-14-15(6-13)30-10-29-14/h4-6,11-12H,2-3,7-10H2,1H3,(H,23,27)/t11-/m1/s1. The van der Waals surface area contributed by atoms with Gasteiger partial charge >= 0.3 is 12.1 Å². The number of benzene rings is 1. The van der Waals surface area contributed by atoms with Crippen LogP contribution in [-0.2, 0) is 14.3 Å². The highest BCUT2D eigenvalue weighted by Gasteiger charge is 2.40. The number of halogens is 3. The van der Waals surface area contributed by atoms with Gasteiger partial charge in [-0.15, -0.1) is 0 Å². The van der Waals surface area contributed by atoms with Gasteiger partial charge in [-0.05, 0) is 43.9 Å². The lowest BCUT2D eigenvalue weighted by molar-refractivity contribution is -0.170. The van der Waals surface area contributed by atoms with Crippen LogP contribution in [0.5, 0.6) is 11.5 Å². The van der Waals surface area contributed by atoms with E-state index < -0.39 is 49.7 Å². The van der Waals surface area contributed by atoms with Gasteiger partial charge in [-0.3, -0.25) is 14.4 Å². The first-order chi connectivity index (χ1) is 14.1. The monoisotopic (exact) mass is 430 g/mol. The van der Waals surface area contributed by atoms with Crippen molar-refractivity contribution in [1.82, 2.24) is 10.2 Å². The third kappa shape index (κ3) is 5.77. The molecule has 11 heteroatoms. The summed E-state index contributed by atoms with van der Waals surface area (Å²) in [5.41, 5.74) is 0.220. The van der Waals surface area contributed by atoms with E-state index >= 15 is 0 Å². The zero-order valence-corrected chi connectivity index (χ0v) is 16.2. The Hall–Kier alpha value is -2.98. The van der Waals surface area contributed by atoms with E-state index in [1.807, 2.05) is 0 Å². The third-order valence-corrected chi connectivity index (χ3v) is 4.85. The van der Waals surface area contributed by atoms with Gasteiger partial charge in [0.1, 0.15) is 13.1 Å². The van der Waals surface area contributed by atoms with Crippen molar-refractivity contribution in [3.05, 3.63) is 23.8 Å². The molecule has 1 saturated carbocycles. The molecule has 2 amide bonds. The van der Waals surface area contributed by atoms with Gasteiger partial charge in [0, 0.05) is 11.6 Å². The maximum absolute atomic E-state index is 12.8. The molecule has 1 aromatic carbocycles. The molecule has 0 saturated heterocycles. The minimum atomic E-state index is -4.55. The van der Waals surface area contributed by atoms with E-state index in [1.165, 1.54) is 12.1 Å². The number of rotatable bonds is 8. The summed E-state index contributed by atoms with van der Waals surface area (Å²) in [6, 6.07) is 3.88. The number of nitrogens with one attached hydrogen (secondary N) is 1. The molecule has 1 atom stereocenters. The fraction of sp³-hybridized carbons (Fsp3) is 0.526. The summed E-state index contributed by atoms with van der Waals surface area (Å²) in [4.78, 5) is 36.8. The minimum Gasteiger partial charge on any atom is -0.454 e. The van der Waals surface area contributed by atoms with Crippen LogP contribution in [0.2, 0.25) is 0 Å². The predicted octanol–water partition coefficient (Wildman–Crippen LogP) is 1.88. The Kier molecular flexibility index (Phi) is 6.37. The van der Waals surface area contributed by atoms with E-state index in [2.05, 4.69) is 5.32 Å². The highest BCUT2D eigenvalue weighted by Crippen LogP contribution is 2.36. The highest BCUT2D eigenvalue weighted by atomic mass is 19.4. The number of alkyl halides is 3. The SMILES string of the molecule is C[C@H](C1CC1)N(CC(F)(F)F)C(=O)COC(=O)CNC(=O)c1ccc2c(c1)OCO2. The summed E-state index contributed by atoms with van der Waals surface area (Å²) in [5, 5.41) is 2.32. The summed E-state index contributed by atoms with van der Waals surface area (Å²) in [5.74, 6) is -1.55. The molecule has 0 bridgehead atoms. The Morgan fingerprint density at radius 2 is 1.93 bits per heavy atom. The number of carbonyl (C=O) groups is 3. The van der Waals surface area contributed by atoms with Gasteiger partial charge in [0.2, 0.25) is 6.79 Å². The Morgan fingerprint density at radius 3 is 2.60 bits per heavy atom. The van der Waals surface area contributed by atoms with Gasteiger partial charge in [0.25, 0.3) is 11.8 Å². The first-order valence-corrected chi connectivity index (χ1v) is 9.34. The van der Waals surface area contributed by atoms with Crippen LogP contribution in [-0.4, -0.2) is 61.4 Å². The van der Waals surface area contributed by atoms with Crippen LogP contribution in [0.15, 0.2) is 18.2 Å². The van der Waals surface area contributed by atoms with Crippen molar-refractivity contribution in [2.75, 3.05) is 26.5 Å². The number of amides is 2. The number of hydrogen-bond acceptors (Lipinski definition) is 6. The lowest BCUT2D eigenvalue weighted by atomic mass is 10.2. The quantitative estimate of drug-likeness (QED) is 0.633. The van der Waals surface area contributed by atoms with Crippen LogP contribution < -0.4 is 14.8 Å². The number of nitrogens with zero attached hydrogens (tertiary/aromatic N) is 1. The summed E-state index contributed by atoms with van der Waals surface area (Å²) < 4.78 is 53.4. The zero-order chi connectivity index (χ0) is 21.9. The first-order valence-electron chi connectivity index (χ1n) is 9.34. The Labute approximate surface area is 170 Å². The largest absolute Gasteiger partial charge is 0.454 e. The number of fused-ring (bicyclic) bond motifs is 1. The fourth-order valence-electron chi connectivity index (χ4n) is 3.05.